The zero-order valence-corrected chi connectivity index (χ0v) is 24.9. The molecule has 10 heteroatoms. The summed E-state index contributed by atoms with van der Waals surface area (Å²) in [5.74, 6) is -0.215. The van der Waals surface area contributed by atoms with Crippen LogP contribution in [0, 0.1) is 0 Å². The highest BCUT2D eigenvalue weighted by Crippen LogP contribution is 2.29. The molecule has 2 aromatic rings. The number of thiazole rings is 1. The number of aromatic nitrogens is 1. The van der Waals surface area contributed by atoms with Gasteiger partial charge in [0.2, 0.25) is 0 Å². The molecule has 2 aliphatic heterocycles. The number of hydrogen-bond acceptors (Lipinski definition) is 7. The summed E-state index contributed by atoms with van der Waals surface area (Å²) in [6.45, 7) is 13.2. The number of carbonyl (C=O) groups is 3. The second kappa shape index (κ2) is 11.8. The van der Waals surface area contributed by atoms with E-state index >= 15 is 0 Å². The zero-order chi connectivity index (χ0) is 29.1. The molecule has 0 aliphatic carbocycles. The highest BCUT2D eigenvalue weighted by molar-refractivity contribution is 7.14. The van der Waals surface area contributed by atoms with Crippen molar-refractivity contribution in [1.82, 2.24) is 14.8 Å². The summed E-state index contributed by atoms with van der Waals surface area (Å²) in [6, 6.07) is 7.72. The van der Waals surface area contributed by atoms with E-state index in [4.69, 9.17) is 9.47 Å². The van der Waals surface area contributed by atoms with Crippen molar-refractivity contribution in [2.24, 2.45) is 0 Å². The molecule has 3 heterocycles. The quantitative estimate of drug-likeness (QED) is 0.457. The van der Waals surface area contributed by atoms with E-state index in [1.807, 2.05) is 78.0 Å². The van der Waals surface area contributed by atoms with Crippen LogP contribution in [0.5, 0.6) is 0 Å². The molecule has 0 saturated carbocycles. The van der Waals surface area contributed by atoms with E-state index in [-0.39, 0.29) is 18.1 Å². The van der Waals surface area contributed by atoms with Crippen LogP contribution < -0.4 is 5.32 Å². The lowest BCUT2D eigenvalue weighted by atomic mass is 9.99. The van der Waals surface area contributed by atoms with Gasteiger partial charge in [0.25, 0.3) is 5.91 Å². The molecular formula is C30H38N4O5S. The van der Waals surface area contributed by atoms with Gasteiger partial charge in [-0.25, -0.2) is 14.6 Å². The Morgan fingerprint density at radius 2 is 1.35 bits per heavy atom. The number of nitrogens with one attached hydrogen (secondary N) is 1. The van der Waals surface area contributed by atoms with Crippen molar-refractivity contribution in [2.75, 3.05) is 31.5 Å². The Bertz CT molecular complexity index is 1310. The van der Waals surface area contributed by atoms with Crippen molar-refractivity contribution < 1.29 is 23.9 Å². The molecule has 0 radical (unpaired) electrons. The van der Waals surface area contributed by atoms with E-state index in [1.165, 1.54) is 11.3 Å². The van der Waals surface area contributed by atoms with Gasteiger partial charge in [-0.05, 0) is 83.2 Å². The molecule has 0 unspecified atom stereocenters. The number of benzene rings is 1. The number of carbonyl (C=O) groups excluding carboxylic acids is 3. The summed E-state index contributed by atoms with van der Waals surface area (Å²) in [4.78, 5) is 45.8. The third-order valence-electron chi connectivity index (χ3n) is 6.24. The molecule has 0 fully saturated rings. The van der Waals surface area contributed by atoms with E-state index in [1.54, 1.807) is 16.0 Å². The fourth-order valence-corrected chi connectivity index (χ4v) is 5.15. The van der Waals surface area contributed by atoms with E-state index in [0.29, 0.717) is 43.2 Å². The van der Waals surface area contributed by atoms with Crippen molar-refractivity contribution >= 4 is 46.3 Å². The van der Waals surface area contributed by atoms with Gasteiger partial charge in [-0.3, -0.25) is 4.79 Å². The molecule has 1 aromatic heterocycles. The van der Waals surface area contributed by atoms with Crippen LogP contribution in [0.3, 0.4) is 0 Å². The number of nitrogens with zero attached hydrogens (tertiary/aromatic N) is 3. The van der Waals surface area contributed by atoms with Gasteiger partial charge in [0, 0.05) is 31.9 Å². The highest BCUT2D eigenvalue weighted by atomic mass is 32.1. The molecule has 214 valence electrons. The van der Waals surface area contributed by atoms with Crippen LogP contribution in [0.4, 0.5) is 15.3 Å². The zero-order valence-electron chi connectivity index (χ0n) is 24.1. The Hall–Kier alpha value is -3.66. The van der Waals surface area contributed by atoms with Crippen LogP contribution >= 0.6 is 11.3 Å². The van der Waals surface area contributed by atoms with Crippen molar-refractivity contribution in [3.8, 4) is 0 Å². The Balaban J connectivity index is 1.31. The Labute approximate surface area is 239 Å². The van der Waals surface area contributed by atoms with Gasteiger partial charge in [0.1, 0.15) is 21.1 Å². The van der Waals surface area contributed by atoms with Gasteiger partial charge in [-0.15, -0.1) is 11.3 Å². The van der Waals surface area contributed by atoms with E-state index in [9.17, 15) is 14.4 Å². The molecule has 2 aliphatic rings. The molecule has 0 atom stereocenters. The highest BCUT2D eigenvalue weighted by Gasteiger charge is 2.26. The third-order valence-corrected chi connectivity index (χ3v) is 7.31. The normalized spacial score (nSPS) is 16.1. The first-order valence-corrected chi connectivity index (χ1v) is 14.3. The maximum atomic E-state index is 12.9. The van der Waals surface area contributed by atoms with E-state index in [0.717, 1.165) is 28.1 Å². The molecule has 0 bridgehead atoms. The lowest BCUT2D eigenvalue weighted by molar-refractivity contribution is 0.0260. The Kier molecular flexibility index (Phi) is 8.68. The minimum absolute atomic E-state index is 0.215. The second-order valence-electron chi connectivity index (χ2n) is 11.9. The first kappa shape index (κ1) is 29.3. The maximum absolute atomic E-state index is 12.9. The topological polar surface area (TPSA) is 101 Å². The van der Waals surface area contributed by atoms with Gasteiger partial charge in [0.05, 0.1) is 6.20 Å². The lowest BCUT2D eigenvalue weighted by Gasteiger charge is -2.29. The standard InChI is InChI=1S/C30H38N4O5S/c1-29(2,3)38-27(36)33-15-11-21(12-16-33)20-7-9-23(10-8-20)32-25(35)24-19-31-26(40-24)22-13-17-34(18-14-22)28(37)39-30(4,5)6/h7-11,13,19H,12,14-18H2,1-6H3,(H,32,35). The van der Waals surface area contributed by atoms with Crippen LogP contribution in [-0.4, -0.2) is 70.3 Å². The average Bonchev–Trinajstić information content (AvgIpc) is 3.38. The van der Waals surface area contributed by atoms with Gasteiger partial charge >= 0.3 is 12.2 Å². The van der Waals surface area contributed by atoms with Gasteiger partial charge in [0.15, 0.2) is 0 Å². The molecular weight excluding hydrogens is 528 g/mol. The number of rotatable bonds is 4. The number of anilines is 1. The van der Waals surface area contributed by atoms with Crippen molar-refractivity contribution in [2.45, 2.75) is 65.6 Å². The summed E-state index contributed by atoms with van der Waals surface area (Å²) >= 11 is 1.34. The van der Waals surface area contributed by atoms with Crippen molar-refractivity contribution in [3.63, 3.8) is 0 Å². The van der Waals surface area contributed by atoms with Crippen LogP contribution in [0.2, 0.25) is 0 Å². The van der Waals surface area contributed by atoms with Gasteiger partial charge in [-0.1, -0.05) is 24.3 Å². The second-order valence-corrected chi connectivity index (χ2v) is 12.9. The molecule has 1 aromatic carbocycles. The molecule has 4 rings (SSSR count). The van der Waals surface area contributed by atoms with Crippen molar-refractivity contribution in [3.05, 3.63) is 58.1 Å². The summed E-state index contributed by atoms with van der Waals surface area (Å²) in [5.41, 5.74) is 2.90. The summed E-state index contributed by atoms with van der Waals surface area (Å²) in [6.07, 6.45) is 6.38. The molecule has 3 amide bonds. The summed E-state index contributed by atoms with van der Waals surface area (Å²) < 4.78 is 10.9. The predicted octanol–water partition coefficient (Wildman–Crippen LogP) is 6.44. The lowest BCUT2D eigenvalue weighted by Crippen LogP contribution is -2.39. The monoisotopic (exact) mass is 566 g/mol. The smallest absolute Gasteiger partial charge is 0.410 e. The van der Waals surface area contributed by atoms with Crippen LogP contribution in [-0.2, 0) is 9.47 Å². The van der Waals surface area contributed by atoms with Crippen LogP contribution in [0.1, 0.15) is 74.6 Å². The molecule has 9 nitrogen and oxygen atoms in total. The Morgan fingerprint density at radius 1 is 0.825 bits per heavy atom. The van der Waals surface area contributed by atoms with Crippen LogP contribution in [0.15, 0.2) is 42.6 Å². The number of hydrogen-bond donors (Lipinski definition) is 1. The SMILES string of the molecule is CC(C)(C)OC(=O)N1CC=C(c2ccc(NC(=O)c3cnc(C4=CCN(C(=O)OC(C)(C)C)CC4)s3)cc2)CC1. The molecule has 0 saturated heterocycles. The van der Waals surface area contributed by atoms with Crippen LogP contribution in [0.25, 0.3) is 11.1 Å². The van der Waals surface area contributed by atoms with Gasteiger partial charge in [-0.2, -0.15) is 0 Å². The largest absolute Gasteiger partial charge is 0.444 e. The van der Waals surface area contributed by atoms with Crippen molar-refractivity contribution in [1.29, 1.82) is 0 Å². The minimum atomic E-state index is -0.530. The number of amides is 3. The fourth-order valence-electron chi connectivity index (χ4n) is 4.27. The summed E-state index contributed by atoms with van der Waals surface area (Å²) in [5, 5.41) is 3.73. The first-order chi connectivity index (χ1) is 18.8. The number of ether oxygens (including phenoxy) is 2. The first-order valence-electron chi connectivity index (χ1n) is 13.5. The van der Waals surface area contributed by atoms with E-state index < -0.39 is 11.2 Å². The predicted molar refractivity (Wildman–Crippen MR) is 157 cm³/mol. The maximum Gasteiger partial charge on any atom is 0.410 e. The average molecular weight is 567 g/mol. The molecule has 0 spiro atoms. The third kappa shape index (κ3) is 7.94. The van der Waals surface area contributed by atoms with Gasteiger partial charge < -0.3 is 24.6 Å². The molecule has 40 heavy (non-hydrogen) atoms. The fraction of sp³-hybridized carbons (Fsp3) is 0.467. The summed E-state index contributed by atoms with van der Waals surface area (Å²) in [7, 11) is 0. The van der Waals surface area contributed by atoms with E-state index in [2.05, 4.69) is 10.3 Å². The minimum Gasteiger partial charge on any atom is -0.444 e. The molecule has 1 N–H and O–H groups in total. The Morgan fingerprint density at radius 3 is 1.82 bits per heavy atom.